The summed E-state index contributed by atoms with van der Waals surface area (Å²) in [5, 5.41) is 0. The van der Waals surface area contributed by atoms with Gasteiger partial charge >= 0.3 is 0 Å². The Morgan fingerprint density at radius 1 is 1.50 bits per heavy atom. The van der Waals surface area contributed by atoms with E-state index in [-0.39, 0.29) is 17.5 Å². The fourth-order valence-electron chi connectivity index (χ4n) is 1.49. The molecule has 1 aromatic carbocycles. The molecular weight excluding hydrogens is 230 g/mol. The lowest BCUT2D eigenvalue weighted by Gasteiger charge is -2.11. The van der Waals surface area contributed by atoms with Gasteiger partial charge in [0.1, 0.15) is 22.5 Å². The minimum absolute atomic E-state index is 0.151. The number of benzene rings is 1. The normalized spacial score (nSPS) is 22.8. The van der Waals surface area contributed by atoms with Crippen LogP contribution in [-0.4, -0.2) is 28.2 Å². The number of hydrogen-bond donors (Lipinski definition) is 1. The molecule has 0 spiro atoms. The molecule has 0 amide bonds. The van der Waals surface area contributed by atoms with Gasteiger partial charge in [0.2, 0.25) is 10.0 Å². The number of fused-ring (bicyclic) bond motifs is 1. The van der Waals surface area contributed by atoms with Crippen molar-refractivity contribution >= 4 is 10.0 Å². The highest BCUT2D eigenvalue weighted by Gasteiger charge is 2.25. The Morgan fingerprint density at radius 3 is 2.94 bits per heavy atom. The first-order valence-electron chi connectivity index (χ1n) is 4.87. The van der Waals surface area contributed by atoms with Gasteiger partial charge in [0.05, 0.1) is 7.11 Å². The summed E-state index contributed by atoms with van der Waals surface area (Å²) in [5.74, 6) is 0.903. The van der Waals surface area contributed by atoms with Crippen molar-refractivity contribution in [3.63, 3.8) is 0 Å². The number of hydrogen-bond acceptors (Lipinski definition) is 4. The van der Waals surface area contributed by atoms with E-state index in [1.54, 1.807) is 19.1 Å². The third-order valence-electron chi connectivity index (χ3n) is 2.33. The van der Waals surface area contributed by atoms with Crippen LogP contribution in [0.25, 0.3) is 0 Å². The minimum Gasteiger partial charge on any atom is -0.497 e. The largest absolute Gasteiger partial charge is 0.497 e. The fraction of sp³-hybridized carbons (Fsp3) is 0.400. The number of rotatable bonds is 1. The highest BCUT2D eigenvalue weighted by Crippen LogP contribution is 2.30. The Labute approximate surface area is 94.4 Å². The van der Waals surface area contributed by atoms with Crippen molar-refractivity contribution in [2.45, 2.75) is 17.9 Å². The summed E-state index contributed by atoms with van der Waals surface area (Å²) in [4.78, 5) is 0.151. The van der Waals surface area contributed by atoms with E-state index in [1.165, 1.54) is 13.2 Å². The van der Waals surface area contributed by atoms with E-state index >= 15 is 0 Å². The molecule has 0 fully saturated rings. The Bertz CT molecular complexity index is 498. The van der Waals surface area contributed by atoms with Gasteiger partial charge in [0, 0.05) is 12.6 Å². The minimum atomic E-state index is -3.47. The molecule has 0 radical (unpaired) electrons. The van der Waals surface area contributed by atoms with E-state index in [0.29, 0.717) is 11.5 Å². The molecule has 1 aliphatic heterocycles. The summed E-state index contributed by atoms with van der Waals surface area (Å²) < 4.78 is 36.6. The Kier molecular flexibility index (Phi) is 2.77. The third-order valence-corrected chi connectivity index (χ3v) is 3.79. The average molecular weight is 243 g/mol. The maximum Gasteiger partial charge on any atom is 0.244 e. The van der Waals surface area contributed by atoms with Crippen LogP contribution in [0.1, 0.15) is 6.92 Å². The number of sulfonamides is 1. The van der Waals surface area contributed by atoms with Crippen LogP contribution in [0.3, 0.4) is 0 Å². The zero-order chi connectivity index (χ0) is 11.8. The lowest BCUT2D eigenvalue weighted by Crippen LogP contribution is -2.29. The van der Waals surface area contributed by atoms with Crippen LogP contribution in [-0.2, 0) is 10.0 Å². The highest BCUT2D eigenvalue weighted by atomic mass is 32.2. The summed E-state index contributed by atoms with van der Waals surface area (Å²) >= 11 is 0. The molecule has 88 valence electrons. The van der Waals surface area contributed by atoms with Gasteiger partial charge in [-0.25, -0.2) is 13.1 Å². The van der Waals surface area contributed by atoms with Gasteiger partial charge in [-0.05, 0) is 19.1 Å². The number of ether oxygens (including phenoxy) is 2. The Hall–Kier alpha value is -1.27. The Balaban J connectivity index is 2.56. The van der Waals surface area contributed by atoms with Crippen LogP contribution in [0, 0.1) is 0 Å². The molecule has 1 aliphatic rings. The summed E-state index contributed by atoms with van der Waals surface area (Å²) in [6.07, 6.45) is -0.205. The first-order chi connectivity index (χ1) is 7.53. The molecule has 0 aliphatic carbocycles. The summed E-state index contributed by atoms with van der Waals surface area (Å²) in [6.45, 7) is 2.07. The third kappa shape index (κ3) is 1.98. The van der Waals surface area contributed by atoms with Gasteiger partial charge in [-0.15, -0.1) is 0 Å². The van der Waals surface area contributed by atoms with Gasteiger partial charge in [-0.3, -0.25) is 0 Å². The molecule has 0 unspecified atom stereocenters. The fourth-order valence-corrected chi connectivity index (χ4v) is 2.72. The predicted molar refractivity (Wildman–Crippen MR) is 58.3 cm³/mol. The van der Waals surface area contributed by atoms with Crippen molar-refractivity contribution in [2.24, 2.45) is 0 Å². The van der Waals surface area contributed by atoms with E-state index in [9.17, 15) is 8.42 Å². The monoisotopic (exact) mass is 243 g/mol. The van der Waals surface area contributed by atoms with E-state index in [0.717, 1.165) is 0 Å². The van der Waals surface area contributed by atoms with Gasteiger partial charge in [-0.2, -0.15) is 0 Å². The second-order valence-electron chi connectivity index (χ2n) is 3.59. The summed E-state index contributed by atoms with van der Waals surface area (Å²) in [5.41, 5.74) is 0. The van der Waals surface area contributed by atoms with E-state index in [4.69, 9.17) is 9.47 Å². The smallest absolute Gasteiger partial charge is 0.244 e. The van der Waals surface area contributed by atoms with Crippen molar-refractivity contribution in [2.75, 3.05) is 13.7 Å². The first kappa shape index (κ1) is 11.2. The van der Waals surface area contributed by atoms with Crippen molar-refractivity contribution in [3.05, 3.63) is 18.2 Å². The molecule has 0 saturated carbocycles. The molecule has 5 nitrogen and oxygen atoms in total. The van der Waals surface area contributed by atoms with Crippen LogP contribution in [0.4, 0.5) is 0 Å². The van der Waals surface area contributed by atoms with Gasteiger partial charge in [0.15, 0.2) is 0 Å². The van der Waals surface area contributed by atoms with Crippen molar-refractivity contribution in [3.8, 4) is 11.5 Å². The molecule has 0 bridgehead atoms. The standard InChI is InChI=1S/C10H13NO4S/c1-7-6-11-16(12,13)10-4-3-8(14-2)5-9(10)15-7/h3-5,7,11H,6H2,1-2H3/t7-/m1/s1. The quantitative estimate of drug-likeness (QED) is 0.790. The van der Waals surface area contributed by atoms with Crippen LogP contribution >= 0.6 is 0 Å². The van der Waals surface area contributed by atoms with Crippen LogP contribution in [0.2, 0.25) is 0 Å². The van der Waals surface area contributed by atoms with Crippen LogP contribution in [0.15, 0.2) is 23.1 Å². The topological polar surface area (TPSA) is 64.6 Å². The maximum atomic E-state index is 11.8. The maximum absolute atomic E-state index is 11.8. The Morgan fingerprint density at radius 2 is 2.25 bits per heavy atom. The van der Waals surface area contributed by atoms with Gasteiger partial charge in [-0.1, -0.05) is 0 Å². The number of methoxy groups -OCH3 is 1. The molecule has 1 heterocycles. The van der Waals surface area contributed by atoms with Crippen molar-refractivity contribution < 1.29 is 17.9 Å². The van der Waals surface area contributed by atoms with Crippen LogP contribution < -0.4 is 14.2 Å². The molecule has 6 heteroatoms. The second-order valence-corrected chi connectivity index (χ2v) is 5.33. The van der Waals surface area contributed by atoms with Crippen molar-refractivity contribution in [1.82, 2.24) is 4.72 Å². The first-order valence-corrected chi connectivity index (χ1v) is 6.35. The molecule has 0 saturated heterocycles. The molecule has 2 rings (SSSR count). The van der Waals surface area contributed by atoms with E-state index in [1.807, 2.05) is 0 Å². The average Bonchev–Trinajstić information content (AvgIpc) is 2.36. The second kappa shape index (κ2) is 3.95. The van der Waals surface area contributed by atoms with Crippen LogP contribution in [0.5, 0.6) is 11.5 Å². The molecule has 1 aromatic rings. The molecule has 1 atom stereocenters. The van der Waals surface area contributed by atoms with E-state index < -0.39 is 10.0 Å². The molecular formula is C10H13NO4S. The summed E-state index contributed by atoms with van der Waals surface area (Å²) in [6, 6.07) is 4.66. The lowest BCUT2D eigenvalue weighted by molar-refractivity contribution is 0.223. The molecule has 1 N–H and O–H groups in total. The van der Waals surface area contributed by atoms with Crippen molar-refractivity contribution in [1.29, 1.82) is 0 Å². The molecule has 0 aromatic heterocycles. The zero-order valence-corrected chi connectivity index (χ0v) is 9.87. The zero-order valence-electron chi connectivity index (χ0n) is 9.06. The molecule has 16 heavy (non-hydrogen) atoms. The van der Waals surface area contributed by atoms with Gasteiger partial charge < -0.3 is 9.47 Å². The SMILES string of the molecule is COc1ccc2c(c1)O[C@H](C)CNS2(=O)=O. The lowest BCUT2D eigenvalue weighted by atomic mass is 10.3. The van der Waals surface area contributed by atoms with Gasteiger partial charge in [0.25, 0.3) is 0 Å². The summed E-state index contributed by atoms with van der Waals surface area (Å²) in [7, 11) is -1.94. The van der Waals surface area contributed by atoms with E-state index in [2.05, 4.69) is 4.72 Å². The predicted octanol–water partition coefficient (Wildman–Crippen LogP) is 0.754. The highest BCUT2D eigenvalue weighted by molar-refractivity contribution is 7.89. The number of nitrogens with one attached hydrogen (secondary N) is 1.